The molecular weight excluding hydrogens is 244 g/mol. The number of rotatable bonds is 4. The smallest absolute Gasteiger partial charge is 0.339 e. The summed E-state index contributed by atoms with van der Waals surface area (Å²) in [6, 6.07) is 3.50. The first-order valence-electron chi connectivity index (χ1n) is 6.17. The molecule has 1 atom stereocenters. The van der Waals surface area contributed by atoms with Gasteiger partial charge in [-0.1, -0.05) is 11.6 Å². The molecular formula is C15H18O4. The van der Waals surface area contributed by atoms with Crippen LogP contribution in [0.3, 0.4) is 0 Å². The molecule has 1 aromatic rings. The lowest BCUT2D eigenvalue weighted by atomic mass is 10.0. The highest BCUT2D eigenvalue weighted by molar-refractivity contribution is 5.95. The second kappa shape index (κ2) is 5.34. The van der Waals surface area contributed by atoms with Crippen molar-refractivity contribution in [1.82, 2.24) is 0 Å². The Morgan fingerprint density at radius 2 is 1.89 bits per heavy atom. The van der Waals surface area contributed by atoms with Gasteiger partial charge < -0.3 is 14.2 Å². The summed E-state index contributed by atoms with van der Waals surface area (Å²) in [7, 11) is 3.12. The molecule has 1 aliphatic rings. The predicted octanol–water partition coefficient (Wildman–Crippen LogP) is 3.27. The lowest BCUT2D eigenvalue weighted by Gasteiger charge is -2.11. The van der Waals surface area contributed by atoms with E-state index >= 15 is 0 Å². The lowest BCUT2D eigenvalue weighted by Crippen LogP contribution is -1.97. The molecule has 2 rings (SSSR count). The van der Waals surface area contributed by atoms with Crippen LogP contribution in [-0.4, -0.2) is 20.2 Å². The Balaban J connectivity index is 2.40. The van der Waals surface area contributed by atoms with Gasteiger partial charge in [0.05, 0.1) is 19.8 Å². The number of allylic oxidation sites excluding steroid dienone is 1. The molecule has 0 aliphatic carbocycles. The van der Waals surface area contributed by atoms with E-state index in [4.69, 9.17) is 14.2 Å². The third-order valence-electron chi connectivity index (χ3n) is 3.11. The molecule has 0 saturated heterocycles. The van der Waals surface area contributed by atoms with Gasteiger partial charge in [0.1, 0.15) is 6.10 Å². The molecule has 1 heterocycles. The van der Waals surface area contributed by atoms with Gasteiger partial charge in [0.25, 0.3) is 0 Å². The zero-order valence-corrected chi connectivity index (χ0v) is 11.6. The Bertz CT molecular complexity index is 527. The summed E-state index contributed by atoms with van der Waals surface area (Å²) >= 11 is 0. The van der Waals surface area contributed by atoms with E-state index in [2.05, 4.69) is 6.08 Å². The molecule has 0 bridgehead atoms. The van der Waals surface area contributed by atoms with Crippen LogP contribution in [0, 0.1) is 0 Å². The molecule has 19 heavy (non-hydrogen) atoms. The lowest BCUT2D eigenvalue weighted by molar-refractivity contribution is 0.0391. The summed E-state index contributed by atoms with van der Waals surface area (Å²) in [6.07, 6.45) is 2.50. The zero-order chi connectivity index (χ0) is 14.0. The molecule has 0 radical (unpaired) electrons. The molecule has 0 saturated carbocycles. The first kappa shape index (κ1) is 13.5. The molecule has 0 fully saturated rings. The van der Waals surface area contributed by atoms with E-state index in [0.717, 1.165) is 5.56 Å². The van der Waals surface area contributed by atoms with E-state index in [1.807, 2.05) is 19.9 Å². The first-order valence-corrected chi connectivity index (χ1v) is 6.17. The molecule has 1 aliphatic heterocycles. The average molecular weight is 262 g/mol. The van der Waals surface area contributed by atoms with Crippen LogP contribution in [0.4, 0.5) is 0 Å². The van der Waals surface area contributed by atoms with E-state index in [0.29, 0.717) is 23.5 Å². The highest BCUT2D eigenvalue weighted by Crippen LogP contribution is 2.40. The van der Waals surface area contributed by atoms with Crippen LogP contribution in [0.5, 0.6) is 11.5 Å². The number of benzene rings is 1. The van der Waals surface area contributed by atoms with Crippen LogP contribution in [0.2, 0.25) is 0 Å². The van der Waals surface area contributed by atoms with E-state index in [1.165, 1.54) is 5.57 Å². The fraction of sp³-hybridized carbons (Fsp3) is 0.400. The van der Waals surface area contributed by atoms with Crippen LogP contribution in [0.1, 0.15) is 42.3 Å². The number of fused-ring (bicyclic) bond motifs is 1. The molecule has 0 spiro atoms. The van der Waals surface area contributed by atoms with Gasteiger partial charge in [-0.3, -0.25) is 0 Å². The quantitative estimate of drug-likeness (QED) is 0.617. The normalized spacial score (nSPS) is 16.6. The molecule has 102 valence electrons. The molecule has 1 unspecified atom stereocenters. The van der Waals surface area contributed by atoms with Crippen molar-refractivity contribution < 1.29 is 19.0 Å². The van der Waals surface area contributed by atoms with Crippen molar-refractivity contribution in [2.75, 3.05) is 14.2 Å². The summed E-state index contributed by atoms with van der Waals surface area (Å²) in [5.41, 5.74) is 2.62. The second-order valence-electron chi connectivity index (χ2n) is 4.71. The molecule has 1 aromatic carbocycles. The highest BCUT2D eigenvalue weighted by atomic mass is 16.5. The summed E-state index contributed by atoms with van der Waals surface area (Å²) in [5, 5.41) is 0. The van der Waals surface area contributed by atoms with E-state index in [-0.39, 0.29) is 12.1 Å². The number of carbonyl (C=O) groups excluding carboxylic acids is 1. The van der Waals surface area contributed by atoms with Crippen LogP contribution < -0.4 is 9.47 Å². The van der Waals surface area contributed by atoms with Crippen molar-refractivity contribution in [2.45, 2.75) is 26.4 Å². The summed E-state index contributed by atoms with van der Waals surface area (Å²) in [5.74, 6) is 0.853. The van der Waals surface area contributed by atoms with E-state index in [9.17, 15) is 4.79 Å². The average Bonchev–Trinajstić information content (AvgIpc) is 2.71. The minimum Gasteiger partial charge on any atom is -0.493 e. The van der Waals surface area contributed by atoms with Crippen molar-refractivity contribution in [2.24, 2.45) is 0 Å². The monoisotopic (exact) mass is 262 g/mol. The Hall–Kier alpha value is -1.97. The maximum Gasteiger partial charge on any atom is 0.339 e. The molecule has 0 aromatic heterocycles. The zero-order valence-electron chi connectivity index (χ0n) is 11.6. The Morgan fingerprint density at radius 3 is 2.47 bits per heavy atom. The van der Waals surface area contributed by atoms with Crippen molar-refractivity contribution in [1.29, 1.82) is 0 Å². The Kier molecular flexibility index (Phi) is 3.79. The third-order valence-corrected chi connectivity index (χ3v) is 3.11. The fourth-order valence-electron chi connectivity index (χ4n) is 2.11. The second-order valence-corrected chi connectivity index (χ2v) is 4.71. The van der Waals surface area contributed by atoms with Gasteiger partial charge in [0, 0.05) is 12.0 Å². The number of cyclic esters (lactones) is 1. The summed E-state index contributed by atoms with van der Waals surface area (Å²) in [4.78, 5) is 11.8. The van der Waals surface area contributed by atoms with Gasteiger partial charge >= 0.3 is 5.97 Å². The summed E-state index contributed by atoms with van der Waals surface area (Å²) < 4.78 is 15.8. The summed E-state index contributed by atoms with van der Waals surface area (Å²) in [6.45, 7) is 4.04. The Morgan fingerprint density at radius 1 is 1.26 bits per heavy atom. The van der Waals surface area contributed by atoms with Crippen LogP contribution in [0.25, 0.3) is 0 Å². The van der Waals surface area contributed by atoms with Gasteiger partial charge in [0.15, 0.2) is 11.5 Å². The van der Waals surface area contributed by atoms with Crippen molar-refractivity contribution in [3.8, 4) is 11.5 Å². The van der Waals surface area contributed by atoms with Crippen molar-refractivity contribution in [3.63, 3.8) is 0 Å². The van der Waals surface area contributed by atoms with Crippen molar-refractivity contribution in [3.05, 3.63) is 34.9 Å². The van der Waals surface area contributed by atoms with E-state index < -0.39 is 0 Å². The number of hydrogen-bond donors (Lipinski definition) is 0. The number of esters is 1. The highest BCUT2D eigenvalue weighted by Gasteiger charge is 2.32. The minimum atomic E-state index is -0.303. The van der Waals surface area contributed by atoms with Gasteiger partial charge in [-0.05, 0) is 26.0 Å². The molecule has 4 nitrogen and oxygen atoms in total. The number of methoxy groups -OCH3 is 2. The van der Waals surface area contributed by atoms with E-state index in [1.54, 1.807) is 20.3 Å². The van der Waals surface area contributed by atoms with Crippen LogP contribution >= 0.6 is 0 Å². The SMILES string of the molecule is COc1cc2c(cc1OC)C(CC=C(C)C)OC2=O. The van der Waals surface area contributed by atoms with Gasteiger partial charge in [-0.2, -0.15) is 0 Å². The minimum absolute atomic E-state index is 0.239. The molecule has 4 heteroatoms. The van der Waals surface area contributed by atoms with Gasteiger partial charge in [-0.25, -0.2) is 4.79 Å². The molecule has 0 amide bonds. The standard InChI is InChI=1S/C15H18O4/c1-9(2)5-6-12-10-7-13(17-3)14(18-4)8-11(10)15(16)19-12/h5,7-8,12H,6H2,1-4H3. The van der Waals surface area contributed by atoms with Gasteiger partial charge in [-0.15, -0.1) is 0 Å². The number of carbonyl (C=O) groups is 1. The maximum atomic E-state index is 11.8. The predicted molar refractivity (Wildman–Crippen MR) is 71.8 cm³/mol. The number of ether oxygens (including phenoxy) is 3. The fourth-order valence-corrected chi connectivity index (χ4v) is 2.11. The Labute approximate surface area is 113 Å². The van der Waals surface area contributed by atoms with Gasteiger partial charge in [0.2, 0.25) is 0 Å². The first-order chi connectivity index (χ1) is 9.06. The largest absolute Gasteiger partial charge is 0.493 e. The number of hydrogen-bond acceptors (Lipinski definition) is 4. The molecule has 0 N–H and O–H groups in total. The van der Waals surface area contributed by atoms with Crippen LogP contribution in [-0.2, 0) is 4.74 Å². The van der Waals surface area contributed by atoms with Crippen LogP contribution in [0.15, 0.2) is 23.8 Å². The van der Waals surface area contributed by atoms with Crippen molar-refractivity contribution >= 4 is 5.97 Å². The third kappa shape index (κ3) is 2.57. The topological polar surface area (TPSA) is 44.8 Å². The maximum absolute atomic E-state index is 11.8.